The topological polar surface area (TPSA) is 92.5 Å². The van der Waals surface area contributed by atoms with Crippen molar-refractivity contribution in [2.24, 2.45) is 0 Å². The molecule has 0 aromatic heterocycles. The van der Waals surface area contributed by atoms with Gasteiger partial charge in [-0.3, -0.25) is 10.1 Å². The molecule has 94 valence electrons. The van der Waals surface area contributed by atoms with E-state index >= 15 is 0 Å². The lowest BCUT2D eigenvalue weighted by Gasteiger charge is -2.05. The molecule has 1 fully saturated rings. The molecule has 2 N–H and O–H groups in total. The van der Waals surface area contributed by atoms with E-state index in [1.807, 2.05) is 0 Å². The number of benzene rings is 1. The molecular weight excluding hydrogens is 236 g/mol. The first kappa shape index (κ1) is 12.1. The average molecular weight is 248 g/mol. The molecule has 18 heavy (non-hydrogen) atoms. The number of hydrogen-bond donors (Lipinski definition) is 2. The van der Waals surface area contributed by atoms with Gasteiger partial charge in [0.1, 0.15) is 0 Å². The van der Waals surface area contributed by atoms with Gasteiger partial charge in [0.25, 0.3) is 5.69 Å². The van der Waals surface area contributed by atoms with E-state index in [1.54, 1.807) is 12.1 Å². The van der Waals surface area contributed by atoms with Crippen molar-refractivity contribution < 1.29 is 14.8 Å². The summed E-state index contributed by atoms with van der Waals surface area (Å²) in [4.78, 5) is 20.8. The van der Waals surface area contributed by atoms with Gasteiger partial charge in [-0.1, -0.05) is 0 Å². The van der Waals surface area contributed by atoms with Gasteiger partial charge in [0.05, 0.1) is 10.5 Å². The first-order valence-electron chi connectivity index (χ1n) is 5.52. The number of nitro groups is 1. The van der Waals surface area contributed by atoms with Gasteiger partial charge < -0.3 is 10.4 Å². The van der Waals surface area contributed by atoms with Crippen LogP contribution in [0.5, 0.6) is 0 Å². The molecule has 1 aromatic rings. The molecule has 2 rings (SSSR count). The molecule has 0 aliphatic heterocycles. The summed E-state index contributed by atoms with van der Waals surface area (Å²) in [5.74, 6) is -1.13. The highest BCUT2D eigenvalue weighted by Gasteiger charge is 2.22. The van der Waals surface area contributed by atoms with Crippen LogP contribution in [0.3, 0.4) is 0 Å². The molecule has 0 saturated heterocycles. The van der Waals surface area contributed by atoms with Gasteiger partial charge in [0, 0.05) is 23.9 Å². The van der Waals surface area contributed by atoms with Crippen LogP contribution in [0.1, 0.15) is 18.4 Å². The van der Waals surface area contributed by atoms with Crippen molar-refractivity contribution in [3.8, 4) is 0 Å². The van der Waals surface area contributed by atoms with Crippen molar-refractivity contribution >= 4 is 23.4 Å². The zero-order valence-corrected chi connectivity index (χ0v) is 9.50. The van der Waals surface area contributed by atoms with E-state index < -0.39 is 10.9 Å². The van der Waals surface area contributed by atoms with Gasteiger partial charge in [-0.05, 0) is 31.1 Å². The maximum atomic E-state index is 10.9. The summed E-state index contributed by atoms with van der Waals surface area (Å²) in [6, 6.07) is 5.10. The summed E-state index contributed by atoms with van der Waals surface area (Å²) in [6.45, 7) is 0. The maximum Gasteiger partial charge on any atom is 0.328 e. The van der Waals surface area contributed by atoms with Crippen molar-refractivity contribution in [3.63, 3.8) is 0 Å². The van der Waals surface area contributed by atoms with Crippen molar-refractivity contribution in [2.45, 2.75) is 18.9 Å². The van der Waals surface area contributed by atoms with E-state index in [-0.39, 0.29) is 11.3 Å². The molecule has 1 saturated carbocycles. The van der Waals surface area contributed by atoms with Crippen LogP contribution >= 0.6 is 0 Å². The zero-order chi connectivity index (χ0) is 13.1. The number of nitrogens with zero attached hydrogens (tertiary/aromatic N) is 1. The van der Waals surface area contributed by atoms with E-state index in [0.29, 0.717) is 11.7 Å². The van der Waals surface area contributed by atoms with Gasteiger partial charge in [-0.15, -0.1) is 0 Å². The Kier molecular flexibility index (Phi) is 3.27. The fraction of sp³-hybridized carbons (Fsp3) is 0.250. The van der Waals surface area contributed by atoms with Crippen LogP contribution in [-0.2, 0) is 4.79 Å². The summed E-state index contributed by atoms with van der Waals surface area (Å²) in [5.41, 5.74) is 0.874. The average Bonchev–Trinajstić information content (AvgIpc) is 3.11. The third-order valence-electron chi connectivity index (χ3n) is 2.58. The van der Waals surface area contributed by atoms with Crippen LogP contribution in [0, 0.1) is 10.1 Å². The third kappa shape index (κ3) is 3.07. The zero-order valence-electron chi connectivity index (χ0n) is 9.50. The Morgan fingerprint density at radius 3 is 2.78 bits per heavy atom. The molecule has 1 aromatic carbocycles. The number of aliphatic carboxylic acids is 1. The number of rotatable bonds is 5. The largest absolute Gasteiger partial charge is 0.478 e. The van der Waals surface area contributed by atoms with E-state index in [4.69, 9.17) is 5.11 Å². The smallest absolute Gasteiger partial charge is 0.328 e. The Morgan fingerprint density at radius 1 is 1.50 bits per heavy atom. The Labute approximate surface area is 103 Å². The Morgan fingerprint density at radius 2 is 2.22 bits per heavy atom. The van der Waals surface area contributed by atoms with E-state index in [0.717, 1.165) is 18.9 Å². The van der Waals surface area contributed by atoms with Crippen molar-refractivity contribution in [1.29, 1.82) is 0 Å². The second-order valence-corrected chi connectivity index (χ2v) is 4.12. The fourth-order valence-electron chi connectivity index (χ4n) is 1.56. The number of carboxylic acids is 1. The highest BCUT2D eigenvalue weighted by Crippen LogP contribution is 2.29. The maximum absolute atomic E-state index is 10.9. The molecule has 0 unspecified atom stereocenters. The molecule has 0 heterocycles. The summed E-state index contributed by atoms with van der Waals surface area (Å²) in [5, 5.41) is 22.6. The molecule has 0 atom stereocenters. The van der Waals surface area contributed by atoms with Crippen LogP contribution in [0.15, 0.2) is 24.3 Å². The number of nitro benzene ring substituents is 1. The molecular formula is C12H12N2O4. The Hall–Kier alpha value is -2.37. The minimum absolute atomic E-state index is 0.0989. The lowest BCUT2D eigenvalue weighted by Crippen LogP contribution is -2.02. The highest BCUT2D eigenvalue weighted by molar-refractivity contribution is 5.86. The third-order valence-corrected chi connectivity index (χ3v) is 2.58. The number of anilines is 1. The Balaban J connectivity index is 2.27. The van der Waals surface area contributed by atoms with Gasteiger partial charge in [-0.25, -0.2) is 4.79 Å². The van der Waals surface area contributed by atoms with E-state index in [2.05, 4.69) is 5.32 Å². The van der Waals surface area contributed by atoms with Gasteiger partial charge >= 0.3 is 5.97 Å². The standard InChI is InChI=1S/C12H12N2O4/c15-12(16)6-2-8-1-3-10(13-9-4-5-9)7-11(8)14(17)18/h1-3,6-7,9,13H,4-5H2,(H,15,16). The first-order chi connectivity index (χ1) is 8.56. The summed E-state index contributed by atoms with van der Waals surface area (Å²) < 4.78 is 0. The molecule has 0 bridgehead atoms. The Bertz CT molecular complexity index is 521. The highest BCUT2D eigenvalue weighted by atomic mass is 16.6. The number of nitrogens with one attached hydrogen (secondary N) is 1. The molecule has 6 heteroatoms. The molecule has 1 aliphatic carbocycles. The van der Waals surface area contributed by atoms with Crippen LogP contribution in [0.2, 0.25) is 0 Å². The summed E-state index contributed by atoms with van der Waals surface area (Å²) in [7, 11) is 0. The molecule has 0 spiro atoms. The first-order valence-corrected chi connectivity index (χ1v) is 5.52. The number of carbonyl (C=O) groups is 1. The quantitative estimate of drug-likeness (QED) is 0.473. The van der Waals surface area contributed by atoms with Gasteiger partial charge in [-0.2, -0.15) is 0 Å². The lowest BCUT2D eigenvalue weighted by molar-refractivity contribution is -0.385. The predicted molar refractivity (Wildman–Crippen MR) is 66.4 cm³/mol. The minimum Gasteiger partial charge on any atom is -0.478 e. The van der Waals surface area contributed by atoms with E-state index in [1.165, 1.54) is 12.1 Å². The van der Waals surface area contributed by atoms with E-state index in [9.17, 15) is 14.9 Å². The van der Waals surface area contributed by atoms with Crippen molar-refractivity contribution in [3.05, 3.63) is 40.0 Å². The molecule has 0 amide bonds. The van der Waals surface area contributed by atoms with Crippen molar-refractivity contribution in [1.82, 2.24) is 0 Å². The molecule has 1 aliphatic rings. The molecule has 0 radical (unpaired) electrons. The van der Waals surface area contributed by atoms with Crippen LogP contribution in [0.25, 0.3) is 6.08 Å². The fourth-order valence-corrected chi connectivity index (χ4v) is 1.56. The van der Waals surface area contributed by atoms with Crippen molar-refractivity contribution in [2.75, 3.05) is 5.32 Å². The molecule has 6 nitrogen and oxygen atoms in total. The summed E-state index contributed by atoms with van der Waals surface area (Å²) in [6.07, 6.45) is 4.26. The monoisotopic (exact) mass is 248 g/mol. The van der Waals surface area contributed by atoms with Gasteiger partial charge in [0.15, 0.2) is 0 Å². The number of hydrogen-bond acceptors (Lipinski definition) is 4. The second kappa shape index (κ2) is 4.87. The van der Waals surface area contributed by atoms with Gasteiger partial charge in [0.2, 0.25) is 0 Å². The van der Waals surface area contributed by atoms with Crippen LogP contribution < -0.4 is 5.32 Å². The lowest BCUT2D eigenvalue weighted by atomic mass is 10.1. The normalized spacial score (nSPS) is 14.7. The summed E-state index contributed by atoms with van der Waals surface area (Å²) >= 11 is 0. The SMILES string of the molecule is O=C(O)C=Cc1ccc(NC2CC2)cc1[N+](=O)[O-]. The minimum atomic E-state index is -1.13. The second-order valence-electron chi connectivity index (χ2n) is 4.12. The van der Waals surface area contributed by atoms with Crippen LogP contribution in [0.4, 0.5) is 11.4 Å². The van der Waals surface area contributed by atoms with Crippen LogP contribution in [-0.4, -0.2) is 22.0 Å². The predicted octanol–water partition coefficient (Wildman–Crippen LogP) is 2.27. The number of carboxylic acid groups (broad SMARTS) is 1.